The summed E-state index contributed by atoms with van der Waals surface area (Å²) >= 11 is 4.24. The Bertz CT molecular complexity index is 1590. The number of nitrogens with one attached hydrogen (secondary N) is 1. The summed E-state index contributed by atoms with van der Waals surface area (Å²) in [6.45, 7) is 6.95. The molecule has 2 N–H and O–H groups in total. The van der Waals surface area contributed by atoms with Gasteiger partial charge in [-0.2, -0.15) is 4.31 Å². The number of aliphatic hydroxyl groups excluding tert-OH is 1. The van der Waals surface area contributed by atoms with E-state index in [0.717, 1.165) is 5.56 Å². The van der Waals surface area contributed by atoms with Crippen molar-refractivity contribution in [3.8, 4) is 11.6 Å². The fraction of sp³-hybridized carbons (Fsp3) is 0.486. The lowest BCUT2D eigenvalue weighted by Gasteiger charge is -2.34. The highest BCUT2D eigenvalue weighted by atomic mass is 128. The zero-order valence-corrected chi connectivity index (χ0v) is 33.6. The van der Waals surface area contributed by atoms with Crippen LogP contribution in [0.2, 0.25) is 0 Å². The highest BCUT2D eigenvalue weighted by Crippen LogP contribution is 2.33. The molecule has 50 heavy (non-hydrogen) atoms. The van der Waals surface area contributed by atoms with Crippen LogP contribution in [-0.2, 0) is 30.8 Å². The number of amides is 1. The number of benzene rings is 2. The average molecular weight is 938 g/mol. The zero-order valence-electron chi connectivity index (χ0n) is 28.5. The minimum absolute atomic E-state index is 0.00287. The maximum atomic E-state index is 13.9. The molecule has 0 radical (unpaired) electrons. The second-order valence-electron chi connectivity index (χ2n) is 12.7. The third kappa shape index (κ3) is 10.9. The molecule has 1 amide bonds. The summed E-state index contributed by atoms with van der Waals surface area (Å²) in [6, 6.07) is 18.3. The van der Waals surface area contributed by atoms with Crippen molar-refractivity contribution in [1.29, 1.82) is 0 Å². The number of alkyl carbamates (subject to hydrolysis) is 1. The van der Waals surface area contributed by atoms with Gasteiger partial charge in [0.2, 0.25) is 15.9 Å². The van der Waals surface area contributed by atoms with E-state index in [2.05, 4.69) is 47.5 Å². The Morgan fingerprint density at radius 2 is 1.76 bits per heavy atom. The van der Waals surface area contributed by atoms with Gasteiger partial charge in [-0.3, -0.25) is 0 Å². The number of nitrogens with zero attached hydrogens (tertiary/aromatic N) is 2. The molecule has 0 spiro atoms. The SMILES string of the molecule is COc1ccc(S(=O)(=O)N(CC(C)C)C[C@@H](C)[C@@H](NC(=O)O[C@H]2CO[C@H]3OCC[C@H]32)C(O)c2ccc(OCc3ccccc3)nc2)cc1.II. The third-order valence-electron chi connectivity index (χ3n) is 8.57. The predicted octanol–water partition coefficient (Wildman–Crippen LogP) is 6.31. The van der Waals surface area contributed by atoms with Crippen LogP contribution in [0.3, 0.4) is 0 Å². The Morgan fingerprint density at radius 3 is 2.40 bits per heavy atom. The molecule has 12 nitrogen and oxygen atoms in total. The summed E-state index contributed by atoms with van der Waals surface area (Å²) < 4.78 is 57.1. The van der Waals surface area contributed by atoms with E-state index in [-0.39, 0.29) is 36.4 Å². The number of rotatable bonds is 15. The number of carbonyl (C=O) groups is 1. The summed E-state index contributed by atoms with van der Waals surface area (Å²) in [4.78, 5) is 17.8. The quantitative estimate of drug-likeness (QED) is 0.166. The second kappa shape index (κ2) is 19.5. The first-order valence-corrected chi connectivity index (χ1v) is 24.1. The Kier molecular flexibility index (Phi) is 15.8. The minimum atomic E-state index is -3.94. The Balaban J connectivity index is 0.00000276. The molecule has 3 aromatic rings. The van der Waals surface area contributed by atoms with Crippen molar-refractivity contribution >= 4 is 53.3 Å². The van der Waals surface area contributed by atoms with Gasteiger partial charge in [0.25, 0.3) is 0 Å². The largest absolute Gasteiger partial charge is 0.497 e. The van der Waals surface area contributed by atoms with Crippen LogP contribution < -0.4 is 14.8 Å². The summed E-state index contributed by atoms with van der Waals surface area (Å²) in [5.41, 5.74) is 1.40. The van der Waals surface area contributed by atoms with Crippen LogP contribution in [0.1, 0.15) is 44.4 Å². The van der Waals surface area contributed by atoms with Crippen molar-refractivity contribution in [2.45, 2.75) is 63.2 Å². The molecule has 2 fully saturated rings. The van der Waals surface area contributed by atoms with Crippen LogP contribution in [-0.4, -0.2) is 80.8 Å². The zero-order chi connectivity index (χ0) is 36.3. The van der Waals surface area contributed by atoms with Crippen molar-refractivity contribution in [2.24, 2.45) is 17.8 Å². The monoisotopic (exact) mass is 937 g/mol. The lowest BCUT2D eigenvalue weighted by atomic mass is 9.92. The molecule has 0 saturated carbocycles. The van der Waals surface area contributed by atoms with Gasteiger partial charge in [-0.05, 0) is 54.2 Å². The van der Waals surface area contributed by atoms with Crippen LogP contribution in [0.15, 0.2) is 77.8 Å². The number of ether oxygens (including phenoxy) is 5. The summed E-state index contributed by atoms with van der Waals surface area (Å²) in [7, 11) is -2.42. The molecular weight excluding hydrogens is 892 g/mol. The summed E-state index contributed by atoms with van der Waals surface area (Å²) in [6.07, 6.45) is -0.691. The number of pyridine rings is 1. The highest BCUT2D eigenvalue weighted by molar-refractivity contribution is 15.0. The maximum Gasteiger partial charge on any atom is 0.407 e. The van der Waals surface area contributed by atoms with Gasteiger partial charge in [0.05, 0.1) is 37.2 Å². The van der Waals surface area contributed by atoms with Gasteiger partial charge >= 0.3 is 6.09 Å². The number of methoxy groups -OCH3 is 1. The predicted molar refractivity (Wildman–Crippen MR) is 205 cm³/mol. The fourth-order valence-electron chi connectivity index (χ4n) is 5.99. The molecule has 2 aliphatic heterocycles. The van der Waals surface area contributed by atoms with Gasteiger partial charge in [-0.1, -0.05) is 51.1 Å². The first kappa shape index (κ1) is 40.5. The van der Waals surface area contributed by atoms with E-state index in [4.69, 9.17) is 23.7 Å². The van der Waals surface area contributed by atoms with Crippen LogP contribution in [0.25, 0.3) is 0 Å². The molecule has 0 bridgehead atoms. The van der Waals surface area contributed by atoms with Crippen LogP contribution in [0.4, 0.5) is 4.79 Å². The molecule has 2 aliphatic rings. The Hall–Kier alpha value is -2.29. The highest BCUT2D eigenvalue weighted by Gasteiger charge is 2.44. The van der Waals surface area contributed by atoms with Gasteiger partial charge in [0, 0.05) is 68.1 Å². The number of halogens is 2. The van der Waals surface area contributed by atoms with Crippen molar-refractivity contribution in [3.63, 3.8) is 0 Å². The molecule has 274 valence electrons. The smallest absolute Gasteiger partial charge is 0.407 e. The normalized spacial score (nSPS) is 20.3. The lowest BCUT2D eigenvalue weighted by Crippen LogP contribution is -2.49. The maximum absolute atomic E-state index is 13.9. The number of aromatic nitrogens is 1. The molecule has 5 rings (SSSR count). The molecule has 1 unspecified atom stereocenters. The molecule has 3 heterocycles. The average Bonchev–Trinajstić information content (AvgIpc) is 3.75. The Labute approximate surface area is 317 Å². The van der Waals surface area contributed by atoms with E-state index in [1.165, 1.54) is 29.7 Å². The van der Waals surface area contributed by atoms with Crippen LogP contribution in [0, 0.1) is 17.8 Å². The number of carbonyl (C=O) groups excluding carboxylic acids is 1. The fourth-order valence-corrected chi connectivity index (χ4v) is 7.69. The first-order chi connectivity index (χ1) is 24.0. The number of fused-ring (bicyclic) bond motifs is 1. The van der Waals surface area contributed by atoms with E-state index in [1.54, 1.807) is 31.2 Å². The van der Waals surface area contributed by atoms with E-state index in [1.807, 2.05) is 44.2 Å². The molecule has 2 saturated heterocycles. The van der Waals surface area contributed by atoms with Crippen molar-refractivity contribution in [3.05, 3.63) is 84.1 Å². The molecular formula is C35H45I2N3O9S. The molecule has 1 aromatic heterocycles. The van der Waals surface area contributed by atoms with E-state index in [0.29, 0.717) is 36.8 Å². The van der Waals surface area contributed by atoms with Crippen LogP contribution in [0.5, 0.6) is 11.6 Å². The van der Waals surface area contributed by atoms with E-state index < -0.39 is 46.6 Å². The minimum Gasteiger partial charge on any atom is -0.497 e. The molecule has 2 aromatic carbocycles. The topological polar surface area (TPSA) is 146 Å². The van der Waals surface area contributed by atoms with Gasteiger partial charge in [-0.15, -0.1) is 0 Å². The van der Waals surface area contributed by atoms with Crippen molar-refractivity contribution < 1.29 is 42.0 Å². The lowest BCUT2D eigenvalue weighted by molar-refractivity contribution is -0.0907. The summed E-state index contributed by atoms with van der Waals surface area (Å²) in [5.74, 6) is 0.270. The van der Waals surface area contributed by atoms with Gasteiger partial charge < -0.3 is 34.1 Å². The van der Waals surface area contributed by atoms with Crippen molar-refractivity contribution in [2.75, 3.05) is 33.4 Å². The van der Waals surface area contributed by atoms with E-state index in [9.17, 15) is 18.3 Å². The number of sulfonamides is 1. The standard InChI is InChI=1S/C35H45N3O9S.I2/c1-23(2)19-38(48(41,42)28-13-11-27(43-4)12-14-28)20-24(3)32(37-35(40)47-30-22-46-34-29(30)16-17-44-34)33(39)26-10-15-31(36-18-26)45-21-25-8-6-5-7-9-25;1-2/h5-15,18,23-24,29-30,32-34,39H,16-17,19-22H2,1-4H3,(H,37,40);/t24-,29+,30+,32-,33?,34-;/m1./s1. The molecule has 6 atom stereocenters. The Morgan fingerprint density at radius 1 is 1.04 bits per heavy atom. The van der Waals surface area contributed by atoms with Crippen LogP contribution >= 0.6 is 37.2 Å². The molecule has 0 aliphatic carbocycles. The number of hydrogen-bond donors (Lipinski definition) is 2. The molecule has 15 heteroatoms. The second-order valence-corrected chi connectivity index (χ2v) is 14.6. The number of aliphatic hydroxyl groups is 1. The third-order valence-corrected chi connectivity index (χ3v) is 10.4. The van der Waals surface area contributed by atoms with Gasteiger partial charge in [0.1, 0.15) is 24.6 Å². The summed E-state index contributed by atoms with van der Waals surface area (Å²) in [5, 5.41) is 14.5. The van der Waals surface area contributed by atoms with E-state index >= 15 is 0 Å². The first-order valence-electron chi connectivity index (χ1n) is 16.3. The van der Waals surface area contributed by atoms with Gasteiger partial charge in [0.15, 0.2) is 6.29 Å². The van der Waals surface area contributed by atoms with Crippen molar-refractivity contribution in [1.82, 2.24) is 14.6 Å². The number of hydrogen-bond acceptors (Lipinski definition) is 10. The van der Waals surface area contributed by atoms with Gasteiger partial charge in [-0.25, -0.2) is 18.2 Å².